The fourth-order valence-corrected chi connectivity index (χ4v) is 5.15. The first-order valence-electron chi connectivity index (χ1n) is 11.7. The van der Waals surface area contributed by atoms with Gasteiger partial charge in [0.15, 0.2) is 16.9 Å². The molecule has 1 N–H and O–H groups in total. The van der Waals surface area contributed by atoms with Crippen molar-refractivity contribution in [2.24, 2.45) is 0 Å². The predicted molar refractivity (Wildman–Crippen MR) is 135 cm³/mol. The number of rotatable bonds is 8. The normalized spacial score (nSPS) is 16.1. The molecular weight excluding hydrogens is 470 g/mol. The van der Waals surface area contributed by atoms with Crippen LogP contribution in [0.3, 0.4) is 0 Å². The zero-order chi connectivity index (χ0) is 24.4. The van der Waals surface area contributed by atoms with Gasteiger partial charge in [-0.15, -0.1) is 0 Å². The molecule has 2 aliphatic heterocycles. The number of anilines is 2. The van der Waals surface area contributed by atoms with Gasteiger partial charge in [-0.2, -0.15) is 0 Å². The smallest absolute Gasteiger partial charge is 0.231 e. The number of piperazine rings is 1. The van der Waals surface area contributed by atoms with Gasteiger partial charge >= 0.3 is 0 Å². The molecule has 0 unspecified atom stereocenters. The molecule has 2 aromatic carbocycles. The molecule has 5 rings (SSSR count). The number of hydrogen-bond acceptors (Lipinski definition) is 8. The fourth-order valence-electron chi connectivity index (χ4n) is 4.59. The highest BCUT2D eigenvalue weighted by molar-refractivity contribution is 7.92. The second-order valence-corrected chi connectivity index (χ2v) is 10.8. The van der Waals surface area contributed by atoms with Crippen molar-refractivity contribution in [1.82, 2.24) is 4.90 Å². The Morgan fingerprint density at radius 3 is 2.54 bits per heavy atom. The summed E-state index contributed by atoms with van der Waals surface area (Å²) in [7, 11) is -3.30. The van der Waals surface area contributed by atoms with Crippen LogP contribution in [0.4, 0.5) is 11.4 Å². The van der Waals surface area contributed by atoms with Crippen molar-refractivity contribution in [2.45, 2.75) is 19.3 Å². The van der Waals surface area contributed by atoms with Gasteiger partial charge in [0, 0.05) is 43.5 Å². The highest BCUT2D eigenvalue weighted by Gasteiger charge is 2.19. The van der Waals surface area contributed by atoms with Crippen molar-refractivity contribution < 1.29 is 22.3 Å². The fraction of sp³-hybridized carbons (Fsp3) is 0.400. The van der Waals surface area contributed by atoms with Gasteiger partial charge in [0.1, 0.15) is 5.58 Å². The average molecular weight is 500 g/mol. The molecule has 3 heterocycles. The van der Waals surface area contributed by atoms with E-state index in [2.05, 4.69) is 14.5 Å². The molecule has 0 aliphatic carbocycles. The van der Waals surface area contributed by atoms with Crippen molar-refractivity contribution in [3.05, 3.63) is 58.4 Å². The second kappa shape index (κ2) is 9.79. The van der Waals surface area contributed by atoms with E-state index in [1.807, 2.05) is 18.2 Å². The van der Waals surface area contributed by atoms with E-state index in [-0.39, 0.29) is 12.2 Å². The summed E-state index contributed by atoms with van der Waals surface area (Å²) >= 11 is 0. The maximum absolute atomic E-state index is 12.9. The number of nitrogens with zero attached hydrogens (tertiary/aromatic N) is 2. The van der Waals surface area contributed by atoms with Gasteiger partial charge in [-0.3, -0.25) is 14.4 Å². The van der Waals surface area contributed by atoms with Crippen LogP contribution in [-0.4, -0.2) is 59.1 Å². The molecule has 0 spiro atoms. The van der Waals surface area contributed by atoms with Crippen LogP contribution in [-0.2, 0) is 16.4 Å². The van der Waals surface area contributed by atoms with Gasteiger partial charge in [0.05, 0.1) is 23.6 Å². The van der Waals surface area contributed by atoms with E-state index in [0.29, 0.717) is 40.1 Å². The van der Waals surface area contributed by atoms with Crippen molar-refractivity contribution in [2.75, 3.05) is 55.4 Å². The minimum atomic E-state index is -3.30. The number of hydrogen-bond donors (Lipinski definition) is 1. The Labute approximate surface area is 204 Å². The van der Waals surface area contributed by atoms with Crippen LogP contribution in [0.1, 0.15) is 18.4 Å². The van der Waals surface area contributed by atoms with E-state index in [1.54, 1.807) is 24.5 Å². The molecule has 2 aliphatic rings. The van der Waals surface area contributed by atoms with Gasteiger partial charge in [-0.25, -0.2) is 8.42 Å². The van der Waals surface area contributed by atoms with E-state index >= 15 is 0 Å². The second-order valence-electron chi connectivity index (χ2n) is 9.00. The number of unbranched alkanes of at least 4 members (excludes halogenated alkanes) is 1. The first kappa shape index (κ1) is 23.5. The van der Waals surface area contributed by atoms with Gasteiger partial charge in [-0.1, -0.05) is 6.07 Å². The van der Waals surface area contributed by atoms with Gasteiger partial charge in [0.2, 0.25) is 16.8 Å². The minimum Gasteiger partial charge on any atom is -0.464 e. The summed E-state index contributed by atoms with van der Waals surface area (Å²) in [6, 6.07) is 10.9. The summed E-state index contributed by atoms with van der Waals surface area (Å²) in [6.07, 6.45) is 5.29. The van der Waals surface area contributed by atoms with Crippen molar-refractivity contribution in [3.8, 4) is 11.5 Å². The summed E-state index contributed by atoms with van der Waals surface area (Å²) in [5.74, 6) is 1.19. The number of aryl methyl sites for hydroxylation is 1. The van der Waals surface area contributed by atoms with Gasteiger partial charge in [0.25, 0.3) is 0 Å². The highest BCUT2D eigenvalue weighted by Crippen LogP contribution is 2.35. The number of nitrogens with one attached hydrogen (secondary N) is 1. The SMILES string of the molecule is CS(=O)(=O)Nc1cccc(N2CCN(CCCCc3coc4cc5c(cc4c3=O)OCO5)CC2)c1. The quantitative estimate of drug-likeness (QED) is 0.472. The lowest BCUT2D eigenvalue weighted by molar-refractivity contribution is 0.174. The third-order valence-electron chi connectivity index (χ3n) is 6.40. The lowest BCUT2D eigenvalue weighted by atomic mass is 10.1. The van der Waals surface area contributed by atoms with E-state index < -0.39 is 10.0 Å². The average Bonchev–Trinajstić information content (AvgIpc) is 3.29. The molecule has 9 nitrogen and oxygen atoms in total. The zero-order valence-corrected chi connectivity index (χ0v) is 20.5. The predicted octanol–water partition coefficient (Wildman–Crippen LogP) is 3.04. The third kappa shape index (κ3) is 5.54. The van der Waals surface area contributed by atoms with Gasteiger partial charge in [-0.05, 0) is 50.1 Å². The molecule has 1 aromatic heterocycles. The van der Waals surface area contributed by atoms with Crippen molar-refractivity contribution in [1.29, 1.82) is 0 Å². The molecule has 35 heavy (non-hydrogen) atoms. The molecule has 0 amide bonds. The van der Waals surface area contributed by atoms with Crippen LogP contribution in [0.2, 0.25) is 0 Å². The summed E-state index contributed by atoms with van der Waals surface area (Å²) in [5, 5.41) is 0.527. The number of sulfonamides is 1. The number of benzene rings is 2. The molecule has 186 valence electrons. The standard InChI is InChI=1S/C25H29N3O6S/c1-35(30,31)26-19-6-4-7-20(13-19)28-11-9-27(10-12-28)8-3-2-5-18-16-32-22-15-24-23(33-17-34-24)14-21(22)25(18)29/h4,6-7,13-16,26H,2-3,5,8-12,17H2,1H3. The molecule has 1 fully saturated rings. The molecule has 3 aromatic rings. The molecule has 0 bridgehead atoms. The van der Waals surface area contributed by atoms with Gasteiger partial charge < -0.3 is 18.8 Å². The number of fused-ring (bicyclic) bond motifs is 2. The van der Waals surface area contributed by atoms with Crippen LogP contribution in [0.25, 0.3) is 11.0 Å². The molecule has 0 saturated carbocycles. The molecule has 1 saturated heterocycles. The van der Waals surface area contributed by atoms with E-state index in [1.165, 1.54) is 0 Å². The molecule has 0 radical (unpaired) electrons. The highest BCUT2D eigenvalue weighted by atomic mass is 32.2. The largest absolute Gasteiger partial charge is 0.464 e. The Kier molecular flexibility index (Phi) is 6.57. The topological polar surface area (TPSA) is 101 Å². The summed E-state index contributed by atoms with van der Waals surface area (Å²) in [4.78, 5) is 17.6. The molecule has 0 atom stereocenters. The third-order valence-corrected chi connectivity index (χ3v) is 7.00. The monoisotopic (exact) mass is 499 g/mol. The lowest BCUT2D eigenvalue weighted by Crippen LogP contribution is -2.46. The Morgan fingerprint density at radius 1 is 1.00 bits per heavy atom. The Hall–Kier alpha value is -3.24. The summed E-state index contributed by atoms with van der Waals surface area (Å²) < 4.78 is 42.0. The first-order chi connectivity index (χ1) is 16.9. The Balaban J connectivity index is 1.10. The Bertz CT molecular complexity index is 1380. The molecule has 10 heteroatoms. The van der Waals surface area contributed by atoms with Crippen LogP contribution >= 0.6 is 0 Å². The Morgan fingerprint density at radius 2 is 1.77 bits per heavy atom. The zero-order valence-electron chi connectivity index (χ0n) is 19.7. The summed E-state index contributed by atoms with van der Waals surface area (Å²) in [6.45, 7) is 4.78. The van der Waals surface area contributed by atoms with E-state index in [4.69, 9.17) is 13.9 Å². The number of ether oxygens (including phenoxy) is 2. The maximum Gasteiger partial charge on any atom is 0.231 e. The van der Waals surface area contributed by atoms with Crippen molar-refractivity contribution in [3.63, 3.8) is 0 Å². The van der Waals surface area contributed by atoms with Crippen molar-refractivity contribution >= 4 is 32.4 Å². The summed E-state index contributed by atoms with van der Waals surface area (Å²) in [5.41, 5.74) is 2.79. The van der Waals surface area contributed by atoms with Crippen LogP contribution in [0.15, 0.2) is 51.9 Å². The van der Waals surface area contributed by atoms with E-state index in [0.717, 1.165) is 57.5 Å². The van der Waals surface area contributed by atoms with Crippen LogP contribution < -0.4 is 24.5 Å². The van der Waals surface area contributed by atoms with Crippen LogP contribution in [0.5, 0.6) is 11.5 Å². The lowest BCUT2D eigenvalue weighted by Gasteiger charge is -2.36. The maximum atomic E-state index is 12.9. The minimum absolute atomic E-state index is 0.00856. The van der Waals surface area contributed by atoms with E-state index in [9.17, 15) is 13.2 Å². The van der Waals surface area contributed by atoms with Crippen LogP contribution in [0, 0.1) is 0 Å². The first-order valence-corrected chi connectivity index (χ1v) is 13.6. The molecular formula is C25H29N3O6S.